The standard InChI is InChI=1S/C21H20FN3O3/c1-12-8-9-15-11-16(13(2)23-18(15)10-12)21(27)25-24-20(26)14(3)28-19-7-5-4-6-17(19)22/h4-11,14H,1-3H3,(H,24,26)(H,25,27). The van der Waals surface area contributed by atoms with Crippen molar-refractivity contribution in [1.82, 2.24) is 15.8 Å². The Morgan fingerprint density at radius 1 is 1.07 bits per heavy atom. The first-order valence-electron chi connectivity index (χ1n) is 8.74. The van der Waals surface area contributed by atoms with E-state index >= 15 is 0 Å². The maximum Gasteiger partial charge on any atom is 0.279 e. The Labute approximate surface area is 161 Å². The lowest BCUT2D eigenvalue weighted by Gasteiger charge is -2.16. The summed E-state index contributed by atoms with van der Waals surface area (Å²) in [5.74, 6) is -1.72. The second kappa shape index (κ2) is 8.04. The van der Waals surface area contributed by atoms with Crippen molar-refractivity contribution in [2.45, 2.75) is 26.9 Å². The van der Waals surface area contributed by atoms with Crippen LogP contribution < -0.4 is 15.6 Å². The summed E-state index contributed by atoms with van der Waals surface area (Å²) in [5.41, 5.74) is 7.40. The van der Waals surface area contributed by atoms with E-state index in [0.29, 0.717) is 11.3 Å². The highest BCUT2D eigenvalue weighted by Crippen LogP contribution is 2.18. The zero-order valence-electron chi connectivity index (χ0n) is 15.7. The van der Waals surface area contributed by atoms with Crippen LogP contribution in [0.1, 0.15) is 28.5 Å². The van der Waals surface area contributed by atoms with E-state index in [2.05, 4.69) is 15.8 Å². The van der Waals surface area contributed by atoms with Gasteiger partial charge in [0, 0.05) is 5.39 Å². The van der Waals surface area contributed by atoms with Gasteiger partial charge in [-0.2, -0.15) is 0 Å². The molecule has 3 aromatic rings. The smallest absolute Gasteiger partial charge is 0.279 e. The number of ether oxygens (including phenoxy) is 1. The van der Waals surface area contributed by atoms with E-state index in [1.54, 1.807) is 19.1 Å². The van der Waals surface area contributed by atoms with Gasteiger partial charge in [0.25, 0.3) is 11.8 Å². The van der Waals surface area contributed by atoms with Crippen molar-refractivity contribution in [2.75, 3.05) is 0 Å². The molecule has 1 unspecified atom stereocenters. The third-order valence-corrected chi connectivity index (χ3v) is 4.22. The van der Waals surface area contributed by atoms with Gasteiger partial charge >= 0.3 is 0 Å². The van der Waals surface area contributed by atoms with Gasteiger partial charge in [0.05, 0.1) is 16.8 Å². The zero-order valence-corrected chi connectivity index (χ0v) is 15.7. The van der Waals surface area contributed by atoms with Crippen molar-refractivity contribution in [2.24, 2.45) is 0 Å². The molecule has 0 radical (unpaired) electrons. The van der Waals surface area contributed by atoms with Crippen molar-refractivity contribution in [1.29, 1.82) is 0 Å². The monoisotopic (exact) mass is 381 g/mol. The van der Waals surface area contributed by atoms with E-state index in [4.69, 9.17) is 4.74 Å². The molecule has 2 amide bonds. The highest BCUT2D eigenvalue weighted by atomic mass is 19.1. The number of halogens is 1. The molecular formula is C21H20FN3O3. The van der Waals surface area contributed by atoms with Gasteiger partial charge in [0.2, 0.25) is 0 Å². The Kier molecular flexibility index (Phi) is 5.54. The number of hydrogen-bond acceptors (Lipinski definition) is 4. The van der Waals surface area contributed by atoms with Crippen LogP contribution in [0.4, 0.5) is 4.39 Å². The number of aryl methyl sites for hydroxylation is 2. The van der Waals surface area contributed by atoms with E-state index in [1.165, 1.54) is 25.1 Å². The van der Waals surface area contributed by atoms with E-state index < -0.39 is 23.7 Å². The van der Waals surface area contributed by atoms with Crippen LogP contribution in [0.15, 0.2) is 48.5 Å². The summed E-state index contributed by atoms with van der Waals surface area (Å²) in [5, 5.41) is 0.823. The molecule has 1 heterocycles. The fourth-order valence-electron chi connectivity index (χ4n) is 2.67. The van der Waals surface area contributed by atoms with Gasteiger partial charge in [-0.15, -0.1) is 0 Å². The lowest BCUT2D eigenvalue weighted by atomic mass is 10.1. The number of hydrogen-bond donors (Lipinski definition) is 2. The third kappa shape index (κ3) is 4.25. The van der Waals surface area contributed by atoms with Crippen LogP contribution in [0.5, 0.6) is 5.75 Å². The van der Waals surface area contributed by atoms with Crippen LogP contribution >= 0.6 is 0 Å². The second-order valence-electron chi connectivity index (χ2n) is 6.45. The maximum atomic E-state index is 13.6. The first-order chi connectivity index (χ1) is 13.3. The van der Waals surface area contributed by atoms with E-state index in [-0.39, 0.29) is 5.75 Å². The number of fused-ring (bicyclic) bond motifs is 1. The van der Waals surface area contributed by atoms with Crippen molar-refractivity contribution in [3.05, 3.63) is 71.2 Å². The minimum absolute atomic E-state index is 0.0404. The Morgan fingerprint density at radius 2 is 1.82 bits per heavy atom. The van der Waals surface area contributed by atoms with E-state index in [0.717, 1.165) is 16.5 Å². The molecule has 0 aliphatic rings. The normalized spacial score (nSPS) is 11.7. The molecule has 7 heteroatoms. The molecule has 3 rings (SSSR count). The minimum atomic E-state index is -1.00. The topological polar surface area (TPSA) is 80.3 Å². The molecule has 28 heavy (non-hydrogen) atoms. The van der Waals surface area contributed by atoms with Gasteiger partial charge in [-0.3, -0.25) is 25.4 Å². The lowest BCUT2D eigenvalue weighted by Crippen LogP contribution is -2.47. The molecule has 0 saturated heterocycles. The summed E-state index contributed by atoms with van der Waals surface area (Å²) in [6, 6.07) is 13.3. The van der Waals surface area contributed by atoms with Crippen molar-refractivity contribution >= 4 is 22.7 Å². The third-order valence-electron chi connectivity index (χ3n) is 4.22. The van der Waals surface area contributed by atoms with Crippen molar-refractivity contribution in [3.63, 3.8) is 0 Å². The van der Waals surface area contributed by atoms with Gasteiger partial charge in [-0.25, -0.2) is 4.39 Å². The van der Waals surface area contributed by atoms with Gasteiger partial charge in [0.15, 0.2) is 17.7 Å². The summed E-state index contributed by atoms with van der Waals surface area (Å²) in [7, 11) is 0. The zero-order chi connectivity index (χ0) is 20.3. The highest BCUT2D eigenvalue weighted by Gasteiger charge is 2.18. The van der Waals surface area contributed by atoms with E-state index in [1.807, 2.05) is 25.1 Å². The number of aromatic nitrogens is 1. The molecule has 0 spiro atoms. The number of nitrogens with zero attached hydrogens (tertiary/aromatic N) is 1. The molecule has 6 nitrogen and oxygen atoms in total. The molecular weight excluding hydrogens is 361 g/mol. The number of pyridine rings is 1. The second-order valence-corrected chi connectivity index (χ2v) is 6.45. The highest BCUT2D eigenvalue weighted by molar-refractivity contribution is 5.99. The van der Waals surface area contributed by atoms with Crippen LogP contribution in [0.3, 0.4) is 0 Å². The Morgan fingerprint density at radius 3 is 2.57 bits per heavy atom. The van der Waals surface area contributed by atoms with Crippen LogP contribution in [0.2, 0.25) is 0 Å². The Balaban J connectivity index is 1.65. The van der Waals surface area contributed by atoms with Gasteiger partial charge in [-0.1, -0.05) is 24.3 Å². The van der Waals surface area contributed by atoms with Crippen molar-refractivity contribution < 1.29 is 18.7 Å². The Hall–Kier alpha value is -3.48. The number of rotatable bonds is 4. The average molecular weight is 381 g/mol. The largest absolute Gasteiger partial charge is 0.478 e. The molecule has 0 aliphatic heterocycles. The van der Waals surface area contributed by atoms with Crippen LogP contribution in [-0.4, -0.2) is 22.9 Å². The van der Waals surface area contributed by atoms with Crippen LogP contribution in [0.25, 0.3) is 10.9 Å². The molecule has 0 bridgehead atoms. The molecule has 0 saturated carbocycles. The summed E-state index contributed by atoms with van der Waals surface area (Å²) >= 11 is 0. The Bertz CT molecular complexity index is 1050. The quantitative estimate of drug-likeness (QED) is 0.680. The van der Waals surface area contributed by atoms with Gasteiger partial charge in [0.1, 0.15) is 0 Å². The number of hydrazine groups is 1. The fraction of sp³-hybridized carbons (Fsp3) is 0.190. The average Bonchev–Trinajstić information content (AvgIpc) is 2.66. The molecule has 1 atom stereocenters. The molecule has 2 aromatic carbocycles. The summed E-state index contributed by atoms with van der Waals surface area (Å²) in [6.45, 7) is 5.15. The fourth-order valence-corrected chi connectivity index (χ4v) is 2.67. The van der Waals surface area contributed by atoms with Gasteiger partial charge in [-0.05, 0) is 50.6 Å². The summed E-state index contributed by atoms with van der Waals surface area (Å²) in [6.07, 6.45) is -1.00. The molecule has 1 aromatic heterocycles. The predicted octanol–water partition coefficient (Wildman–Crippen LogP) is 3.22. The number of para-hydroxylation sites is 1. The van der Waals surface area contributed by atoms with Gasteiger partial charge < -0.3 is 4.74 Å². The summed E-state index contributed by atoms with van der Waals surface area (Å²) < 4.78 is 18.9. The van der Waals surface area contributed by atoms with Crippen LogP contribution in [0, 0.1) is 19.7 Å². The SMILES string of the molecule is Cc1ccc2cc(C(=O)NNC(=O)C(C)Oc3ccccc3F)c(C)nc2c1. The van der Waals surface area contributed by atoms with Crippen molar-refractivity contribution in [3.8, 4) is 5.75 Å². The van der Waals surface area contributed by atoms with Crippen LogP contribution in [-0.2, 0) is 4.79 Å². The first kappa shape index (κ1) is 19.3. The number of carbonyl (C=O) groups excluding carboxylic acids is 2. The molecule has 0 aliphatic carbocycles. The molecule has 144 valence electrons. The number of amides is 2. The number of carbonyl (C=O) groups is 2. The number of benzene rings is 2. The number of nitrogens with one attached hydrogen (secondary N) is 2. The first-order valence-corrected chi connectivity index (χ1v) is 8.74. The molecule has 2 N–H and O–H groups in total. The lowest BCUT2D eigenvalue weighted by molar-refractivity contribution is -0.128. The molecule has 0 fully saturated rings. The summed E-state index contributed by atoms with van der Waals surface area (Å²) in [4.78, 5) is 29.0. The minimum Gasteiger partial charge on any atom is -0.478 e. The van der Waals surface area contributed by atoms with E-state index in [9.17, 15) is 14.0 Å². The maximum absolute atomic E-state index is 13.6. The predicted molar refractivity (Wildman–Crippen MR) is 103 cm³/mol.